The van der Waals surface area contributed by atoms with Gasteiger partial charge in [0.25, 0.3) is 0 Å². The van der Waals surface area contributed by atoms with Crippen molar-refractivity contribution in [3.8, 4) is 17.1 Å². The summed E-state index contributed by atoms with van der Waals surface area (Å²) in [7, 11) is 1.62. The molecule has 0 fully saturated rings. The summed E-state index contributed by atoms with van der Waals surface area (Å²) in [6, 6.07) is 5.63. The largest absolute Gasteiger partial charge is 0.497 e. The SMILES string of the molecule is COc1ccc(Br)c(-c2onc(N)c2C)c1. The summed E-state index contributed by atoms with van der Waals surface area (Å²) in [4.78, 5) is 0. The number of methoxy groups -OCH3 is 1. The average molecular weight is 283 g/mol. The molecule has 0 saturated carbocycles. The zero-order valence-electron chi connectivity index (χ0n) is 8.95. The van der Waals surface area contributed by atoms with E-state index in [2.05, 4.69) is 21.1 Å². The monoisotopic (exact) mass is 282 g/mol. The van der Waals surface area contributed by atoms with E-state index in [1.165, 1.54) is 0 Å². The molecule has 0 unspecified atom stereocenters. The highest BCUT2D eigenvalue weighted by Crippen LogP contribution is 2.35. The highest BCUT2D eigenvalue weighted by atomic mass is 79.9. The van der Waals surface area contributed by atoms with Crippen LogP contribution >= 0.6 is 15.9 Å². The summed E-state index contributed by atoms with van der Waals surface area (Å²) in [6.07, 6.45) is 0. The Morgan fingerprint density at radius 2 is 2.19 bits per heavy atom. The first-order valence-electron chi connectivity index (χ1n) is 4.69. The topological polar surface area (TPSA) is 61.3 Å². The highest BCUT2D eigenvalue weighted by molar-refractivity contribution is 9.10. The molecular weight excluding hydrogens is 272 g/mol. The molecule has 2 rings (SSSR count). The number of halogens is 1. The number of hydrogen-bond donors (Lipinski definition) is 1. The Hall–Kier alpha value is -1.49. The van der Waals surface area contributed by atoms with Crippen molar-refractivity contribution in [2.24, 2.45) is 0 Å². The molecule has 0 atom stereocenters. The van der Waals surface area contributed by atoms with Crippen LogP contribution in [0.5, 0.6) is 5.75 Å². The molecule has 1 heterocycles. The van der Waals surface area contributed by atoms with E-state index in [-0.39, 0.29) is 0 Å². The van der Waals surface area contributed by atoms with Crippen molar-refractivity contribution in [1.82, 2.24) is 5.16 Å². The molecule has 0 spiro atoms. The summed E-state index contributed by atoms with van der Waals surface area (Å²) >= 11 is 3.46. The fourth-order valence-electron chi connectivity index (χ4n) is 1.40. The van der Waals surface area contributed by atoms with Crippen LogP contribution in [-0.2, 0) is 0 Å². The van der Waals surface area contributed by atoms with Crippen LogP contribution in [0.25, 0.3) is 11.3 Å². The normalized spacial score (nSPS) is 10.4. The van der Waals surface area contributed by atoms with Crippen molar-refractivity contribution in [3.63, 3.8) is 0 Å². The lowest BCUT2D eigenvalue weighted by Crippen LogP contribution is -1.88. The van der Waals surface area contributed by atoms with Gasteiger partial charge in [0, 0.05) is 15.6 Å². The fraction of sp³-hybridized carbons (Fsp3) is 0.182. The van der Waals surface area contributed by atoms with Gasteiger partial charge in [-0.25, -0.2) is 0 Å². The van der Waals surface area contributed by atoms with Crippen LogP contribution in [0.4, 0.5) is 5.82 Å². The van der Waals surface area contributed by atoms with E-state index >= 15 is 0 Å². The molecule has 0 bridgehead atoms. The number of hydrogen-bond acceptors (Lipinski definition) is 4. The zero-order valence-corrected chi connectivity index (χ0v) is 10.5. The van der Waals surface area contributed by atoms with Crippen molar-refractivity contribution >= 4 is 21.7 Å². The third-order valence-electron chi connectivity index (χ3n) is 2.38. The van der Waals surface area contributed by atoms with Crippen molar-refractivity contribution in [3.05, 3.63) is 28.2 Å². The third-order valence-corrected chi connectivity index (χ3v) is 3.07. The van der Waals surface area contributed by atoms with Gasteiger partial charge < -0.3 is 15.0 Å². The molecule has 16 heavy (non-hydrogen) atoms. The summed E-state index contributed by atoms with van der Waals surface area (Å²) in [6.45, 7) is 1.87. The molecule has 0 aliphatic heterocycles. The number of anilines is 1. The Morgan fingerprint density at radius 1 is 1.44 bits per heavy atom. The maximum Gasteiger partial charge on any atom is 0.173 e. The van der Waals surface area contributed by atoms with Gasteiger partial charge in [0.15, 0.2) is 11.6 Å². The molecular formula is C11H11BrN2O2. The van der Waals surface area contributed by atoms with Crippen LogP contribution in [0.15, 0.2) is 27.2 Å². The Bertz CT molecular complexity index is 523. The van der Waals surface area contributed by atoms with Gasteiger partial charge in [0.2, 0.25) is 0 Å². The molecule has 4 nitrogen and oxygen atoms in total. The van der Waals surface area contributed by atoms with E-state index < -0.39 is 0 Å². The van der Waals surface area contributed by atoms with Crippen molar-refractivity contribution in [2.45, 2.75) is 6.92 Å². The number of nitrogen functional groups attached to an aromatic ring is 1. The first kappa shape index (κ1) is 11.0. The van der Waals surface area contributed by atoms with Crippen LogP contribution in [0.2, 0.25) is 0 Å². The fourth-order valence-corrected chi connectivity index (χ4v) is 1.83. The van der Waals surface area contributed by atoms with Gasteiger partial charge in [0.1, 0.15) is 5.75 Å². The number of benzene rings is 1. The van der Waals surface area contributed by atoms with Gasteiger partial charge in [-0.3, -0.25) is 0 Å². The molecule has 2 aromatic rings. The number of rotatable bonds is 2. The predicted molar refractivity (Wildman–Crippen MR) is 65.3 cm³/mol. The van der Waals surface area contributed by atoms with E-state index in [1.807, 2.05) is 25.1 Å². The Labute approximate surface area is 102 Å². The molecule has 0 saturated heterocycles. The molecule has 0 aliphatic carbocycles. The van der Waals surface area contributed by atoms with E-state index in [1.54, 1.807) is 7.11 Å². The summed E-state index contributed by atoms with van der Waals surface area (Å²) in [5.74, 6) is 1.82. The van der Waals surface area contributed by atoms with Crippen LogP contribution in [-0.4, -0.2) is 12.3 Å². The zero-order chi connectivity index (χ0) is 11.7. The lowest BCUT2D eigenvalue weighted by molar-refractivity contribution is 0.413. The number of aromatic nitrogens is 1. The summed E-state index contributed by atoms with van der Waals surface area (Å²) < 4.78 is 11.3. The van der Waals surface area contributed by atoms with Gasteiger partial charge in [-0.2, -0.15) is 0 Å². The molecule has 5 heteroatoms. The summed E-state index contributed by atoms with van der Waals surface area (Å²) in [5, 5.41) is 3.73. The minimum atomic E-state index is 0.407. The van der Waals surface area contributed by atoms with E-state index in [9.17, 15) is 0 Å². The predicted octanol–water partition coefficient (Wildman–Crippen LogP) is 3.00. The first-order valence-corrected chi connectivity index (χ1v) is 5.48. The van der Waals surface area contributed by atoms with Gasteiger partial charge >= 0.3 is 0 Å². The van der Waals surface area contributed by atoms with Crippen LogP contribution in [0.3, 0.4) is 0 Å². The second kappa shape index (κ2) is 4.17. The number of ether oxygens (including phenoxy) is 1. The van der Waals surface area contributed by atoms with Crippen molar-refractivity contribution < 1.29 is 9.26 Å². The lowest BCUT2D eigenvalue weighted by atomic mass is 10.1. The smallest absolute Gasteiger partial charge is 0.173 e. The molecule has 84 valence electrons. The minimum absolute atomic E-state index is 0.407. The van der Waals surface area contributed by atoms with E-state index in [0.29, 0.717) is 11.6 Å². The third kappa shape index (κ3) is 1.78. The molecule has 1 aromatic carbocycles. The van der Waals surface area contributed by atoms with Crippen LogP contribution in [0, 0.1) is 6.92 Å². The maximum atomic E-state index is 5.65. The first-order chi connectivity index (χ1) is 7.63. The van der Waals surface area contributed by atoms with E-state index in [0.717, 1.165) is 21.3 Å². The Morgan fingerprint density at radius 3 is 2.75 bits per heavy atom. The number of nitrogens with zero attached hydrogens (tertiary/aromatic N) is 1. The lowest BCUT2D eigenvalue weighted by Gasteiger charge is -2.04. The minimum Gasteiger partial charge on any atom is -0.497 e. The van der Waals surface area contributed by atoms with E-state index in [4.69, 9.17) is 15.0 Å². The highest BCUT2D eigenvalue weighted by Gasteiger charge is 2.15. The van der Waals surface area contributed by atoms with Gasteiger partial charge in [-0.1, -0.05) is 21.1 Å². The van der Waals surface area contributed by atoms with Gasteiger partial charge in [-0.05, 0) is 25.1 Å². The maximum absolute atomic E-state index is 5.65. The average Bonchev–Trinajstić information content (AvgIpc) is 2.61. The standard InChI is InChI=1S/C11H11BrN2O2/c1-6-10(16-14-11(6)13)8-5-7(15-2)3-4-9(8)12/h3-5H,1-2H3,(H2,13,14). The Kier molecular flexibility index (Phi) is 2.87. The van der Waals surface area contributed by atoms with Gasteiger partial charge in [0.05, 0.1) is 7.11 Å². The second-order valence-corrected chi connectivity index (χ2v) is 4.22. The Balaban J connectivity index is 2.59. The quantitative estimate of drug-likeness (QED) is 0.920. The summed E-state index contributed by atoms with van der Waals surface area (Å²) in [5.41, 5.74) is 7.35. The molecule has 0 aliphatic rings. The van der Waals surface area contributed by atoms with Crippen LogP contribution in [0.1, 0.15) is 5.56 Å². The number of nitrogens with two attached hydrogens (primary N) is 1. The van der Waals surface area contributed by atoms with Crippen LogP contribution < -0.4 is 10.5 Å². The molecule has 0 amide bonds. The van der Waals surface area contributed by atoms with Gasteiger partial charge in [-0.15, -0.1) is 0 Å². The second-order valence-electron chi connectivity index (χ2n) is 3.37. The molecule has 1 aromatic heterocycles. The van der Waals surface area contributed by atoms with Crippen molar-refractivity contribution in [1.29, 1.82) is 0 Å². The molecule has 2 N–H and O–H groups in total. The molecule has 0 radical (unpaired) electrons. The van der Waals surface area contributed by atoms with Crippen molar-refractivity contribution in [2.75, 3.05) is 12.8 Å².